The summed E-state index contributed by atoms with van der Waals surface area (Å²) in [6, 6.07) is 7.50. The predicted octanol–water partition coefficient (Wildman–Crippen LogP) is 1.89. The van der Waals surface area contributed by atoms with Gasteiger partial charge in [0.25, 0.3) is 0 Å². The molecule has 2 heterocycles. The van der Waals surface area contributed by atoms with Gasteiger partial charge in [-0.25, -0.2) is 4.98 Å². The third-order valence-corrected chi connectivity index (χ3v) is 3.86. The van der Waals surface area contributed by atoms with Crippen LogP contribution in [-0.2, 0) is 11.3 Å². The van der Waals surface area contributed by atoms with Gasteiger partial charge in [0.1, 0.15) is 17.4 Å². The minimum atomic E-state index is -0.876. The fourth-order valence-electron chi connectivity index (χ4n) is 2.57. The summed E-state index contributed by atoms with van der Waals surface area (Å²) in [7, 11) is -0.876. The molecule has 6 heteroatoms. The molecular weight excluding hydrogens is 279 g/mol. The molecule has 1 N–H and O–H groups in total. The van der Waals surface area contributed by atoms with Gasteiger partial charge in [0.15, 0.2) is 0 Å². The molecule has 1 aromatic heterocycles. The van der Waals surface area contributed by atoms with Crippen molar-refractivity contribution in [3.63, 3.8) is 0 Å². The lowest BCUT2D eigenvalue weighted by Gasteiger charge is -2.11. The van der Waals surface area contributed by atoms with Crippen molar-refractivity contribution in [3.05, 3.63) is 46.1 Å². The molecule has 22 heavy (non-hydrogen) atoms. The highest BCUT2D eigenvalue weighted by Crippen LogP contribution is 2.27. The van der Waals surface area contributed by atoms with Crippen molar-refractivity contribution in [1.29, 1.82) is 5.26 Å². The summed E-state index contributed by atoms with van der Waals surface area (Å²) in [4.78, 5) is 4.35. The number of ether oxygens (including phenoxy) is 1. The average Bonchev–Trinajstić information content (AvgIpc) is 2.84. The van der Waals surface area contributed by atoms with Crippen LogP contribution in [0, 0.1) is 32.1 Å². The van der Waals surface area contributed by atoms with Crippen LogP contribution in [-0.4, -0.2) is 17.1 Å². The lowest BCUT2D eigenvalue weighted by atomic mass is 9.76. The molecule has 0 saturated heterocycles. The minimum Gasteiger partial charge on any atom is -0.438 e. The molecule has 0 fully saturated rings. The van der Waals surface area contributed by atoms with E-state index in [-0.39, 0.29) is 0 Å². The molecule has 110 valence electrons. The number of hydrogen-bond donors (Lipinski definition) is 1. The molecular formula is C16H15BN2O3. The van der Waals surface area contributed by atoms with Crippen LogP contribution >= 0.6 is 0 Å². The smallest absolute Gasteiger partial charge is 0.438 e. The summed E-state index contributed by atoms with van der Waals surface area (Å²) in [5.41, 5.74) is 4.75. The number of pyridine rings is 1. The molecule has 1 aliphatic rings. The Morgan fingerprint density at radius 1 is 1.27 bits per heavy atom. The van der Waals surface area contributed by atoms with E-state index < -0.39 is 7.12 Å². The van der Waals surface area contributed by atoms with Gasteiger partial charge in [0.2, 0.25) is 5.88 Å². The summed E-state index contributed by atoms with van der Waals surface area (Å²) >= 11 is 0. The average molecular weight is 294 g/mol. The molecule has 5 nitrogen and oxygen atoms in total. The molecule has 0 spiro atoms. The number of rotatable bonds is 2. The van der Waals surface area contributed by atoms with Gasteiger partial charge < -0.3 is 14.4 Å². The van der Waals surface area contributed by atoms with Gasteiger partial charge in [0, 0.05) is 5.69 Å². The lowest BCUT2D eigenvalue weighted by Crippen LogP contribution is -2.30. The van der Waals surface area contributed by atoms with Crippen LogP contribution in [0.25, 0.3) is 0 Å². The Labute approximate surface area is 129 Å². The predicted molar refractivity (Wildman–Crippen MR) is 82.1 cm³/mol. The Kier molecular flexibility index (Phi) is 3.61. The van der Waals surface area contributed by atoms with Crippen molar-refractivity contribution in [2.24, 2.45) is 0 Å². The van der Waals surface area contributed by atoms with E-state index in [1.807, 2.05) is 32.9 Å². The second kappa shape index (κ2) is 5.45. The zero-order valence-corrected chi connectivity index (χ0v) is 12.7. The number of fused-ring (bicyclic) bond motifs is 1. The second-order valence-electron chi connectivity index (χ2n) is 5.43. The maximum Gasteiger partial charge on any atom is 0.492 e. The Hall–Kier alpha value is -2.36. The van der Waals surface area contributed by atoms with E-state index in [9.17, 15) is 10.3 Å². The molecule has 0 aliphatic carbocycles. The zero-order chi connectivity index (χ0) is 15.9. The highest BCUT2D eigenvalue weighted by molar-refractivity contribution is 6.62. The van der Waals surface area contributed by atoms with E-state index in [2.05, 4.69) is 11.1 Å². The van der Waals surface area contributed by atoms with Crippen molar-refractivity contribution in [2.75, 3.05) is 0 Å². The Morgan fingerprint density at radius 3 is 2.77 bits per heavy atom. The molecule has 3 rings (SSSR count). The first-order valence-corrected chi connectivity index (χ1v) is 6.99. The van der Waals surface area contributed by atoms with Gasteiger partial charge in [-0.05, 0) is 61.1 Å². The molecule has 2 aromatic rings. The summed E-state index contributed by atoms with van der Waals surface area (Å²) in [5.74, 6) is 0.880. The Balaban J connectivity index is 2.00. The molecule has 1 aliphatic heterocycles. The van der Waals surface area contributed by atoms with Gasteiger partial charge in [-0.1, -0.05) is 0 Å². The van der Waals surface area contributed by atoms with Crippen LogP contribution < -0.4 is 10.2 Å². The highest BCUT2D eigenvalue weighted by atomic mass is 16.5. The molecule has 0 amide bonds. The first-order chi connectivity index (χ1) is 10.5. The van der Waals surface area contributed by atoms with Crippen molar-refractivity contribution in [2.45, 2.75) is 27.4 Å². The topological polar surface area (TPSA) is 75.4 Å². The van der Waals surface area contributed by atoms with Gasteiger partial charge in [-0.15, -0.1) is 0 Å². The van der Waals surface area contributed by atoms with Crippen molar-refractivity contribution < 1.29 is 14.4 Å². The maximum absolute atomic E-state index is 9.77. The number of nitrogens with zero attached hydrogens (tertiary/aromatic N) is 2. The van der Waals surface area contributed by atoms with Crippen molar-refractivity contribution >= 4 is 12.6 Å². The monoisotopic (exact) mass is 294 g/mol. The lowest BCUT2D eigenvalue weighted by molar-refractivity contribution is 0.275. The van der Waals surface area contributed by atoms with Crippen LogP contribution in [0.2, 0.25) is 0 Å². The second-order valence-corrected chi connectivity index (χ2v) is 5.43. The standard InChI is InChI=1S/C16H15BN2O3/c1-9-4-12(7-18)16(19-11(9)3)22-14-5-10(2)15-13(6-14)8-21-17(15)20/h4-6,20H,8H2,1-3H3. The fraction of sp³-hybridized carbons (Fsp3) is 0.250. The quantitative estimate of drug-likeness (QED) is 0.856. The summed E-state index contributed by atoms with van der Waals surface area (Å²) in [5, 5.41) is 19.0. The van der Waals surface area contributed by atoms with E-state index in [0.717, 1.165) is 27.8 Å². The number of nitriles is 1. The van der Waals surface area contributed by atoms with Crippen LogP contribution in [0.3, 0.4) is 0 Å². The van der Waals surface area contributed by atoms with Crippen molar-refractivity contribution in [1.82, 2.24) is 4.98 Å². The molecule has 0 atom stereocenters. The van der Waals surface area contributed by atoms with Crippen LogP contribution in [0.1, 0.15) is 27.9 Å². The molecule has 1 aromatic carbocycles. The van der Waals surface area contributed by atoms with Crippen LogP contribution in [0.15, 0.2) is 18.2 Å². The maximum atomic E-state index is 9.77. The molecule has 0 unspecified atom stereocenters. The van der Waals surface area contributed by atoms with Gasteiger partial charge in [0.05, 0.1) is 6.61 Å². The van der Waals surface area contributed by atoms with E-state index >= 15 is 0 Å². The highest BCUT2D eigenvalue weighted by Gasteiger charge is 2.29. The van der Waals surface area contributed by atoms with Gasteiger partial charge in [-0.2, -0.15) is 5.26 Å². The zero-order valence-electron chi connectivity index (χ0n) is 12.7. The third-order valence-electron chi connectivity index (χ3n) is 3.86. The SMILES string of the molecule is Cc1cc(C#N)c(Oc2cc(C)c3c(c2)COB3O)nc1C. The molecule has 0 radical (unpaired) electrons. The first kappa shape index (κ1) is 14.6. The van der Waals surface area contributed by atoms with Gasteiger partial charge >= 0.3 is 7.12 Å². The summed E-state index contributed by atoms with van der Waals surface area (Å²) < 4.78 is 11.0. The summed E-state index contributed by atoms with van der Waals surface area (Å²) in [6.45, 7) is 6.02. The number of aryl methyl sites for hydroxylation is 3. The van der Waals surface area contributed by atoms with E-state index in [1.165, 1.54) is 0 Å². The Bertz CT molecular complexity index is 799. The van der Waals surface area contributed by atoms with Gasteiger partial charge in [-0.3, -0.25) is 0 Å². The van der Waals surface area contributed by atoms with E-state index in [0.29, 0.717) is 23.8 Å². The largest absolute Gasteiger partial charge is 0.492 e. The molecule has 0 bridgehead atoms. The third kappa shape index (κ3) is 2.45. The molecule has 0 saturated carbocycles. The first-order valence-electron chi connectivity index (χ1n) is 6.99. The summed E-state index contributed by atoms with van der Waals surface area (Å²) in [6.07, 6.45) is 0. The minimum absolute atomic E-state index is 0.296. The van der Waals surface area contributed by atoms with Crippen LogP contribution in [0.4, 0.5) is 0 Å². The van der Waals surface area contributed by atoms with Crippen molar-refractivity contribution in [3.8, 4) is 17.7 Å². The fourth-order valence-corrected chi connectivity index (χ4v) is 2.57. The number of benzene rings is 1. The Morgan fingerprint density at radius 2 is 2.05 bits per heavy atom. The number of aromatic nitrogens is 1. The van der Waals surface area contributed by atoms with E-state index in [4.69, 9.17) is 9.39 Å². The van der Waals surface area contributed by atoms with E-state index in [1.54, 1.807) is 6.07 Å². The normalized spacial score (nSPS) is 13.0. The number of hydrogen-bond acceptors (Lipinski definition) is 5. The van der Waals surface area contributed by atoms with Crippen LogP contribution in [0.5, 0.6) is 11.6 Å².